The number of hydrogen-bond donors (Lipinski definition) is 2. The molecule has 0 radical (unpaired) electrons. The zero-order valence-corrected chi connectivity index (χ0v) is 13.3. The first-order valence-corrected chi connectivity index (χ1v) is 9.09. The van der Waals surface area contributed by atoms with E-state index in [1.807, 2.05) is 0 Å². The summed E-state index contributed by atoms with van der Waals surface area (Å²) in [6, 6.07) is 4.52. The van der Waals surface area contributed by atoms with Gasteiger partial charge in [0.2, 0.25) is 10.0 Å². The van der Waals surface area contributed by atoms with Gasteiger partial charge < -0.3 is 14.6 Å². The first-order valence-electron chi connectivity index (χ1n) is 7.61. The van der Waals surface area contributed by atoms with Crippen LogP contribution >= 0.6 is 0 Å². The average Bonchev–Trinajstić information content (AvgIpc) is 2.54. The summed E-state index contributed by atoms with van der Waals surface area (Å²) in [7, 11) is -3.74. The average molecular weight is 341 g/mol. The maximum atomic E-state index is 12.6. The lowest BCUT2D eigenvalue weighted by Gasteiger charge is -2.27. The van der Waals surface area contributed by atoms with E-state index < -0.39 is 16.0 Å². The van der Waals surface area contributed by atoms with Gasteiger partial charge in [0, 0.05) is 6.04 Å². The van der Waals surface area contributed by atoms with Crippen LogP contribution in [0, 0.1) is 5.92 Å². The van der Waals surface area contributed by atoms with Crippen molar-refractivity contribution in [3.63, 3.8) is 0 Å². The normalized spacial score (nSPS) is 24.2. The maximum Gasteiger partial charge on any atom is 0.306 e. The van der Waals surface area contributed by atoms with E-state index in [9.17, 15) is 13.2 Å². The SMILES string of the molecule is O=C(O)C1CCC(NS(=O)(=O)c2cccc3c2OCCO3)CC1. The highest BCUT2D eigenvalue weighted by atomic mass is 32.2. The number of carboxylic acids is 1. The molecule has 126 valence electrons. The van der Waals surface area contributed by atoms with Gasteiger partial charge in [0.05, 0.1) is 5.92 Å². The van der Waals surface area contributed by atoms with Crippen LogP contribution in [0.5, 0.6) is 11.5 Å². The lowest BCUT2D eigenvalue weighted by atomic mass is 9.87. The molecule has 23 heavy (non-hydrogen) atoms. The molecule has 7 nitrogen and oxygen atoms in total. The highest BCUT2D eigenvalue weighted by Crippen LogP contribution is 2.36. The number of para-hydroxylation sites is 1. The minimum absolute atomic E-state index is 0.0649. The Morgan fingerprint density at radius 2 is 1.83 bits per heavy atom. The van der Waals surface area contributed by atoms with Crippen molar-refractivity contribution in [1.82, 2.24) is 4.72 Å². The third-order valence-electron chi connectivity index (χ3n) is 4.22. The zero-order valence-electron chi connectivity index (χ0n) is 12.5. The number of carboxylic acid groups (broad SMARTS) is 1. The second-order valence-electron chi connectivity index (χ2n) is 5.79. The Labute approximate surface area is 134 Å². The molecule has 1 saturated carbocycles. The van der Waals surface area contributed by atoms with Crippen molar-refractivity contribution >= 4 is 16.0 Å². The molecule has 1 aliphatic heterocycles. The van der Waals surface area contributed by atoms with Crippen molar-refractivity contribution in [3.8, 4) is 11.5 Å². The minimum Gasteiger partial charge on any atom is -0.486 e. The number of sulfonamides is 1. The van der Waals surface area contributed by atoms with Crippen LogP contribution in [0.4, 0.5) is 0 Å². The quantitative estimate of drug-likeness (QED) is 0.858. The summed E-state index contributed by atoms with van der Waals surface area (Å²) >= 11 is 0. The van der Waals surface area contributed by atoms with Gasteiger partial charge in [-0.3, -0.25) is 4.79 Å². The van der Waals surface area contributed by atoms with Crippen molar-refractivity contribution < 1.29 is 27.8 Å². The molecule has 0 aromatic heterocycles. The van der Waals surface area contributed by atoms with Crippen LogP contribution in [0.15, 0.2) is 23.1 Å². The van der Waals surface area contributed by atoms with E-state index in [1.165, 1.54) is 6.07 Å². The Hall–Kier alpha value is -1.80. The Morgan fingerprint density at radius 1 is 1.13 bits per heavy atom. The van der Waals surface area contributed by atoms with Gasteiger partial charge in [-0.25, -0.2) is 13.1 Å². The standard InChI is InChI=1S/C15H19NO6S/c17-15(18)10-4-6-11(7-5-10)16-23(19,20)13-3-1-2-12-14(13)22-9-8-21-12/h1-3,10-11,16H,4-9H2,(H,17,18). The van der Waals surface area contributed by atoms with Gasteiger partial charge >= 0.3 is 5.97 Å². The second-order valence-corrected chi connectivity index (χ2v) is 7.47. The topological polar surface area (TPSA) is 102 Å². The van der Waals surface area contributed by atoms with E-state index in [2.05, 4.69) is 4.72 Å². The van der Waals surface area contributed by atoms with Crippen LogP contribution in [0.3, 0.4) is 0 Å². The second kappa shape index (κ2) is 6.37. The molecule has 0 saturated heterocycles. The van der Waals surface area contributed by atoms with Gasteiger partial charge in [-0.15, -0.1) is 0 Å². The number of ether oxygens (including phenoxy) is 2. The Morgan fingerprint density at radius 3 is 2.52 bits per heavy atom. The van der Waals surface area contributed by atoms with Crippen LogP contribution in [0.1, 0.15) is 25.7 Å². The predicted octanol–water partition coefficient (Wildman–Crippen LogP) is 1.38. The summed E-state index contributed by atoms with van der Waals surface area (Å²) in [5.74, 6) is -0.523. The first-order chi connectivity index (χ1) is 11.0. The summed E-state index contributed by atoms with van der Waals surface area (Å²) in [4.78, 5) is 11.0. The lowest BCUT2D eigenvalue weighted by Crippen LogP contribution is -2.39. The third-order valence-corrected chi connectivity index (χ3v) is 5.76. The van der Waals surface area contributed by atoms with Gasteiger partial charge in [0.15, 0.2) is 11.5 Å². The minimum atomic E-state index is -3.74. The van der Waals surface area contributed by atoms with Gasteiger partial charge in [-0.1, -0.05) is 6.07 Å². The lowest BCUT2D eigenvalue weighted by molar-refractivity contribution is -0.142. The molecule has 0 spiro atoms. The fourth-order valence-corrected chi connectivity index (χ4v) is 4.46. The van der Waals surface area contributed by atoms with Gasteiger partial charge in [-0.05, 0) is 37.8 Å². The molecule has 0 bridgehead atoms. The molecule has 0 atom stereocenters. The summed E-state index contributed by atoms with van der Waals surface area (Å²) in [5.41, 5.74) is 0. The van der Waals surface area contributed by atoms with Crippen LogP contribution in [0.25, 0.3) is 0 Å². The van der Waals surface area contributed by atoms with Crippen molar-refractivity contribution in [2.45, 2.75) is 36.6 Å². The first kappa shape index (κ1) is 16.1. The summed E-state index contributed by atoms with van der Waals surface area (Å²) in [6.45, 7) is 0.701. The summed E-state index contributed by atoms with van der Waals surface area (Å²) in [6.07, 6.45) is 2.00. The van der Waals surface area contributed by atoms with Gasteiger partial charge in [0.25, 0.3) is 0 Å². The van der Waals surface area contributed by atoms with Crippen LogP contribution in [0.2, 0.25) is 0 Å². The Bertz CT molecular complexity index is 694. The molecule has 0 unspecified atom stereocenters. The molecule has 1 heterocycles. The van der Waals surface area contributed by atoms with E-state index >= 15 is 0 Å². The predicted molar refractivity (Wildman–Crippen MR) is 81.1 cm³/mol. The van der Waals surface area contributed by atoms with Crippen LogP contribution in [-0.2, 0) is 14.8 Å². The highest BCUT2D eigenvalue weighted by molar-refractivity contribution is 7.89. The van der Waals surface area contributed by atoms with Gasteiger partial charge in [-0.2, -0.15) is 0 Å². The molecule has 1 aromatic rings. The fourth-order valence-electron chi connectivity index (χ4n) is 3.00. The number of nitrogens with one attached hydrogen (secondary N) is 1. The zero-order chi connectivity index (χ0) is 16.4. The molecule has 0 amide bonds. The van der Waals surface area contributed by atoms with Crippen molar-refractivity contribution in [1.29, 1.82) is 0 Å². The van der Waals surface area contributed by atoms with Crippen molar-refractivity contribution in [2.24, 2.45) is 5.92 Å². The molecule has 1 aliphatic carbocycles. The molecular weight excluding hydrogens is 322 g/mol. The molecular formula is C15H19NO6S. The Balaban J connectivity index is 1.74. The maximum absolute atomic E-state index is 12.6. The molecule has 2 N–H and O–H groups in total. The fraction of sp³-hybridized carbons (Fsp3) is 0.533. The third kappa shape index (κ3) is 3.42. The number of carbonyl (C=O) groups is 1. The van der Waals surface area contributed by atoms with E-state index in [0.717, 1.165) is 0 Å². The number of benzene rings is 1. The number of fused-ring (bicyclic) bond motifs is 1. The molecule has 1 fully saturated rings. The van der Waals surface area contributed by atoms with Crippen molar-refractivity contribution in [3.05, 3.63) is 18.2 Å². The van der Waals surface area contributed by atoms with E-state index in [4.69, 9.17) is 14.6 Å². The van der Waals surface area contributed by atoms with E-state index in [1.54, 1.807) is 12.1 Å². The van der Waals surface area contributed by atoms with Crippen molar-refractivity contribution in [2.75, 3.05) is 13.2 Å². The largest absolute Gasteiger partial charge is 0.486 e. The summed E-state index contributed by atoms with van der Waals surface area (Å²) in [5, 5.41) is 9.00. The number of hydrogen-bond acceptors (Lipinski definition) is 5. The monoisotopic (exact) mass is 341 g/mol. The number of rotatable bonds is 4. The van der Waals surface area contributed by atoms with Crippen LogP contribution < -0.4 is 14.2 Å². The Kier molecular flexibility index (Phi) is 4.45. The van der Waals surface area contributed by atoms with Crippen LogP contribution in [-0.4, -0.2) is 38.7 Å². The molecule has 2 aliphatic rings. The molecule has 1 aromatic carbocycles. The summed E-state index contributed by atoms with van der Waals surface area (Å²) < 4.78 is 38.8. The van der Waals surface area contributed by atoms with Gasteiger partial charge in [0.1, 0.15) is 18.1 Å². The van der Waals surface area contributed by atoms with E-state index in [-0.39, 0.29) is 22.6 Å². The smallest absolute Gasteiger partial charge is 0.306 e. The molecule has 8 heteroatoms. The highest BCUT2D eigenvalue weighted by Gasteiger charge is 2.31. The molecule has 3 rings (SSSR count). The number of aliphatic carboxylic acids is 1. The van der Waals surface area contributed by atoms with E-state index in [0.29, 0.717) is 44.6 Å².